The van der Waals surface area contributed by atoms with Crippen molar-refractivity contribution in [1.29, 1.82) is 0 Å². The first kappa shape index (κ1) is 17.1. The second kappa shape index (κ2) is 7.14. The standard InChI is InChI=1S/C19H21N5O3/c1-25-13-6-4-12(5-7-13)16-11-17(24-19(20-16)21-22-23-24)15-10-14(26-2)8-9-18(15)27-3/h4-10,16-17H,11H2,1-3H3,(H,20,21,23)/t16-,17+/m1/s1. The summed E-state index contributed by atoms with van der Waals surface area (Å²) < 4.78 is 18.0. The Balaban J connectivity index is 1.74. The summed E-state index contributed by atoms with van der Waals surface area (Å²) in [5.74, 6) is 2.99. The number of hydrogen-bond donors (Lipinski definition) is 1. The molecule has 0 radical (unpaired) electrons. The summed E-state index contributed by atoms with van der Waals surface area (Å²) in [5, 5.41) is 15.6. The Kier molecular flexibility index (Phi) is 4.53. The van der Waals surface area contributed by atoms with Crippen LogP contribution < -0.4 is 19.5 Å². The Labute approximate surface area is 157 Å². The van der Waals surface area contributed by atoms with E-state index in [0.717, 1.165) is 34.8 Å². The van der Waals surface area contributed by atoms with Gasteiger partial charge >= 0.3 is 0 Å². The average Bonchev–Trinajstić information content (AvgIpc) is 3.21. The number of fused-ring (bicyclic) bond motifs is 1. The summed E-state index contributed by atoms with van der Waals surface area (Å²) in [4.78, 5) is 0. The third-order valence-electron chi connectivity index (χ3n) is 4.86. The minimum Gasteiger partial charge on any atom is -0.497 e. The molecule has 3 aromatic rings. The molecule has 0 spiro atoms. The molecular weight excluding hydrogens is 346 g/mol. The van der Waals surface area contributed by atoms with Gasteiger partial charge in [0.15, 0.2) is 0 Å². The molecule has 1 aliphatic rings. The minimum absolute atomic E-state index is 0.0512. The maximum Gasteiger partial charge on any atom is 0.243 e. The summed E-state index contributed by atoms with van der Waals surface area (Å²) in [5.41, 5.74) is 2.11. The van der Waals surface area contributed by atoms with Gasteiger partial charge in [0, 0.05) is 5.56 Å². The molecule has 27 heavy (non-hydrogen) atoms. The first-order valence-corrected chi connectivity index (χ1v) is 8.63. The maximum atomic E-state index is 5.59. The number of nitrogens with zero attached hydrogens (tertiary/aromatic N) is 4. The van der Waals surface area contributed by atoms with Crippen molar-refractivity contribution in [3.8, 4) is 17.2 Å². The lowest BCUT2D eigenvalue weighted by Crippen LogP contribution is -2.28. The molecule has 1 N–H and O–H groups in total. The minimum atomic E-state index is -0.0894. The second-order valence-electron chi connectivity index (χ2n) is 6.28. The number of rotatable bonds is 5. The highest BCUT2D eigenvalue weighted by Gasteiger charge is 2.32. The Bertz CT molecular complexity index is 925. The molecule has 0 saturated carbocycles. The van der Waals surface area contributed by atoms with E-state index in [-0.39, 0.29) is 12.1 Å². The fraction of sp³-hybridized carbons (Fsp3) is 0.316. The van der Waals surface area contributed by atoms with E-state index in [0.29, 0.717) is 5.95 Å². The molecule has 2 atom stereocenters. The van der Waals surface area contributed by atoms with Crippen LogP contribution >= 0.6 is 0 Å². The van der Waals surface area contributed by atoms with E-state index in [4.69, 9.17) is 14.2 Å². The lowest BCUT2D eigenvalue weighted by atomic mass is 9.92. The van der Waals surface area contributed by atoms with Gasteiger partial charge in [0.2, 0.25) is 5.95 Å². The van der Waals surface area contributed by atoms with Crippen LogP contribution in [0.2, 0.25) is 0 Å². The normalized spacial score (nSPS) is 18.3. The fourth-order valence-corrected chi connectivity index (χ4v) is 3.45. The van der Waals surface area contributed by atoms with Gasteiger partial charge in [-0.05, 0) is 52.7 Å². The predicted octanol–water partition coefficient (Wildman–Crippen LogP) is 2.85. The summed E-state index contributed by atoms with van der Waals surface area (Å²) in [6.45, 7) is 0. The van der Waals surface area contributed by atoms with E-state index in [1.165, 1.54) is 0 Å². The first-order chi connectivity index (χ1) is 13.2. The first-order valence-electron chi connectivity index (χ1n) is 8.63. The zero-order valence-electron chi connectivity index (χ0n) is 15.4. The van der Waals surface area contributed by atoms with Crippen molar-refractivity contribution in [1.82, 2.24) is 20.2 Å². The largest absolute Gasteiger partial charge is 0.497 e. The Morgan fingerprint density at radius 1 is 0.963 bits per heavy atom. The number of benzene rings is 2. The molecular formula is C19H21N5O3. The SMILES string of the molecule is COc1ccc([C@H]2C[C@@H](c3cc(OC)ccc3OC)n3nnnc3N2)cc1. The Hall–Kier alpha value is -3.29. The van der Waals surface area contributed by atoms with Crippen LogP contribution in [0, 0.1) is 0 Å². The van der Waals surface area contributed by atoms with Crippen LogP contribution in [0.4, 0.5) is 5.95 Å². The number of ether oxygens (including phenoxy) is 3. The van der Waals surface area contributed by atoms with Gasteiger partial charge < -0.3 is 19.5 Å². The number of hydrogen-bond acceptors (Lipinski definition) is 7. The molecule has 0 aliphatic carbocycles. The monoisotopic (exact) mass is 367 g/mol. The van der Waals surface area contributed by atoms with Gasteiger partial charge in [0.05, 0.1) is 33.4 Å². The number of anilines is 1. The molecule has 8 heteroatoms. The van der Waals surface area contributed by atoms with Gasteiger partial charge in [-0.15, -0.1) is 0 Å². The molecule has 2 aromatic carbocycles. The molecule has 2 heterocycles. The molecule has 0 unspecified atom stereocenters. The van der Waals surface area contributed by atoms with E-state index in [1.54, 1.807) is 26.0 Å². The van der Waals surface area contributed by atoms with E-state index in [9.17, 15) is 0 Å². The maximum absolute atomic E-state index is 5.59. The highest BCUT2D eigenvalue weighted by atomic mass is 16.5. The average molecular weight is 367 g/mol. The van der Waals surface area contributed by atoms with Crippen molar-refractivity contribution in [3.63, 3.8) is 0 Å². The zero-order chi connectivity index (χ0) is 18.8. The van der Waals surface area contributed by atoms with Crippen LogP contribution in [0.1, 0.15) is 29.6 Å². The number of methoxy groups -OCH3 is 3. The van der Waals surface area contributed by atoms with Crippen LogP contribution in [-0.4, -0.2) is 41.5 Å². The summed E-state index contributed by atoms with van der Waals surface area (Å²) >= 11 is 0. The van der Waals surface area contributed by atoms with Gasteiger partial charge in [-0.25, -0.2) is 4.68 Å². The molecule has 8 nitrogen and oxygen atoms in total. The number of tetrazole rings is 1. The molecule has 0 fully saturated rings. The molecule has 0 bridgehead atoms. The number of nitrogens with one attached hydrogen (secondary N) is 1. The van der Waals surface area contributed by atoms with E-state index >= 15 is 0 Å². The van der Waals surface area contributed by atoms with Gasteiger partial charge in [0.25, 0.3) is 0 Å². The van der Waals surface area contributed by atoms with Crippen molar-refractivity contribution in [2.24, 2.45) is 0 Å². The number of aromatic nitrogens is 4. The zero-order valence-corrected chi connectivity index (χ0v) is 15.4. The smallest absolute Gasteiger partial charge is 0.243 e. The van der Waals surface area contributed by atoms with Crippen LogP contribution in [0.25, 0.3) is 0 Å². The Morgan fingerprint density at radius 2 is 1.70 bits per heavy atom. The quantitative estimate of drug-likeness (QED) is 0.742. The van der Waals surface area contributed by atoms with Crippen LogP contribution in [0.3, 0.4) is 0 Å². The van der Waals surface area contributed by atoms with E-state index in [2.05, 4.69) is 33.0 Å². The third-order valence-corrected chi connectivity index (χ3v) is 4.86. The lowest BCUT2D eigenvalue weighted by molar-refractivity contribution is 0.371. The molecule has 1 aliphatic heterocycles. The molecule has 0 amide bonds. The van der Waals surface area contributed by atoms with Crippen LogP contribution in [0.15, 0.2) is 42.5 Å². The van der Waals surface area contributed by atoms with Crippen molar-refractivity contribution < 1.29 is 14.2 Å². The molecule has 0 saturated heterocycles. The van der Waals surface area contributed by atoms with Crippen molar-refractivity contribution in [2.45, 2.75) is 18.5 Å². The van der Waals surface area contributed by atoms with Gasteiger partial charge in [-0.1, -0.05) is 17.2 Å². The van der Waals surface area contributed by atoms with Gasteiger partial charge in [-0.3, -0.25) is 0 Å². The van der Waals surface area contributed by atoms with E-state index in [1.807, 2.05) is 30.3 Å². The fourth-order valence-electron chi connectivity index (χ4n) is 3.45. The molecule has 140 valence electrons. The summed E-state index contributed by atoms with van der Waals surface area (Å²) in [6.07, 6.45) is 0.758. The third kappa shape index (κ3) is 3.14. The molecule has 1 aromatic heterocycles. The topological polar surface area (TPSA) is 83.3 Å². The summed E-state index contributed by atoms with van der Waals surface area (Å²) in [6, 6.07) is 13.7. The second-order valence-corrected chi connectivity index (χ2v) is 6.28. The van der Waals surface area contributed by atoms with Gasteiger partial charge in [0.1, 0.15) is 17.2 Å². The van der Waals surface area contributed by atoms with Gasteiger partial charge in [-0.2, -0.15) is 0 Å². The highest BCUT2D eigenvalue weighted by molar-refractivity contribution is 5.46. The van der Waals surface area contributed by atoms with Crippen molar-refractivity contribution in [3.05, 3.63) is 53.6 Å². The highest BCUT2D eigenvalue weighted by Crippen LogP contribution is 2.41. The lowest BCUT2D eigenvalue weighted by Gasteiger charge is -2.31. The van der Waals surface area contributed by atoms with Crippen LogP contribution in [0.5, 0.6) is 17.2 Å². The van der Waals surface area contributed by atoms with Crippen LogP contribution in [-0.2, 0) is 0 Å². The van der Waals surface area contributed by atoms with Crippen molar-refractivity contribution >= 4 is 5.95 Å². The van der Waals surface area contributed by atoms with Crippen molar-refractivity contribution in [2.75, 3.05) is 26.6 Å². The van der Waals surface area contributed by atoms with E-state index < -0.39 is 0 Å². The summed E-state index contributed by atoms with van der Waals surface area (Å²) in [7, 11) is 4.97. The predicted molar refractivity (Wildman–Crippen MR) is 99.5 cm³/mol. The Morgan fingerprint density at radius 3 is 2.41 bits per heavy atom. The molecule has 4 rings (SSSR count).